The average molecular weight is 753 g/mol. The lowest BCUT2D eigenvalue weighted by molar-refractivity contribution is 0.175. The number of aromatic nitrogens is 2. The molecule has 59 heavy (non-hydrogen) atoms. The zero-order valence-electron chi connectivity index (χ0n) is 31.8. The van der Waals surface area contributed by atoms with Crippen molar-refractivity contribution in [3.05, 3.63) is 199 Å². The van der Waals surface area contributed by atoms with Crippen molar-refractivity contribution in [3.63, 3.8) is 0 Å². The van der Waals surface area contributed by atoms with Crippen LogP contribution < -0.4 is 20.4 Å². The third-order valence-electron chi connectivity index (χ3n) is 13.4. The third kappa shape index (κ3) is 4.14. The molecule has 1 aliphatic carbocycles. The summed E-state index contributed by atoms with van der Waals surface area (Å²) in [4.78, 5) is 0. The highest BCUT2D eigenvalue weighted by molar-refractivity contribution is 6.88. The molecule has 0 saturated carbocycles. The van der Waals surface area contributed by atoms with Gasteiger partial charge in [0.2, 0.25) is 6.71 Å². The second kappa shape index (κ2) is 11.6. The minimum absolute atomic E-state index is 0.0599. The van der Waals surface area contributed by atoms with Crippen LogP contribution in [-0.4, -0.2) is 15.7 Å². The smallest absolute Gasteiger partial charge is 0.234 e. The number of nitrogens with zero attached hydrogens (tertiary/aromatic N) is 2. The van der Waals surface area contributed by atoms with Crippen LogP contribution in [0.4, 0.5) is 0 Å². The number of ether oxygens (including phenoxy) is 2. The van der Waals surface area contributed by atoms with Gasteiger partial charge in [0.1, 0.15) is 23.4 Å². The fraction of sp³-hybridized carbons (Fsp3) is 0.0370. The summed E-state index contributed by atoms with van der Waals surface area (Å²) >= 11 is 0. The van der Waals surface area contributed by atoms with Gasteiger partial charge in [0.05, 0.1) is 27.8 Å². The Morgan fingerprint density at radius 3 is 1.71 bits per heavy atom. The molecule has 0 amide bonds. The molecule has 11 aromatic rings. The zero-order valence-corrected chi connectivity index (χ0v) is 31.8. The van der Waals surface area contributed by atoms with E-state index in [-0.39, 0.29) is 18.6 Å². The highest BCUT2D eigenvalue weighted by Crippen LogP contribution is 2.53. The standard InChI is InChI=1S/C54H33BN2O2/c1-3-16-35-33(14-1)34-15-2-4-17-36(34)42-31-50-51-54(59-49-27-12-8-23-44(49)55(51)43-22-7-11-26-48(43)58-50)53(42)57-47-29-28-32(30-41(47)40-21-13-20-39(35)52(40)57)56-45-24-9-5-18-37(45)38-19-6-10-25-46(38)56/h1-31,51,54H. The van der Waals surface area contributed by atoms with E-state index in [0.717, 1.165) is 45.1 Å². The van der Waals surface area contributed by atoms with Crippen LogP contribution in [0.15, 0.2) is 188 Å². The number of fused-ring (bicyclic) bond motifs is 18. The lowest BCUT2D eigenvalue weighted by Gasteiger charge is -2.44. The summed E-state index contributed by atoms with van der Waals surface area (Å²) in [6, 6.07) is 66.4. The zero-order chi connectivity index (χ0) is 38.3. The molecule has 274 valence electrons. The molecule has 0 saturated heterocycles. The molecule has 5 heteroatoms. The lowest BCUT2D eigenvalue weighted by Crippen LogP contribution is -2.56. The van der Waals surface area contributed by atoms with Gasteiger partial charge in [-0.05, 0) is 81.0 Å². The van der Waals surface area contributed by atoms with Crippen LogP contribution in [-0.2, 0) is 0 Å². The van der Waals surface area contributed by atoms with Crippen molar-refractivity contribution >= 4 is 94.3 Å². The maximum atomic E-state index is 7.43. The first-order valence-electron chi connectivity index (χ1n) is 20.5. The molecule has 0 radical (unpaired) electrons. The van der Waals surface area contributed by atoms with Gasteiger partial charge in [-0.1, -0.05) is 140 Å². The second-order valence-corrected chi connectivity index (χ2v) is 16.3. The second-order valence-electron chi connectivity index (χ2n) is 16.3. The SMILES string of the molecule is C1=C2Oc3ccccc3B3c4ccccc4OC(c4c1c1ccccc1c1ccccc1c1cccc5c6cc(-n7c8ccccc8c8ccccc87)ccc6n4c15)C32. The van der Waals surface area contributed by atoms with Gasteiger partial charge in [0.15, 0.2) is 0 Å². The Labute approximate surface area is 339 Å². The highest BCUT2D eigenvalue weighted by atomic mass is 16.5. The van der Waals surface area contributed by atoms with Crippen molar-refractivity contribution < 1.29 is 9.47 Å². The van der Waals surface area contributed by atoms with E-state index in [1.807, 2.05) is 0 Å². The summed E-state index contributed by atoms with van der Waals surface area (Å²) in [5, 5.41) is 10.9. The van der Waals surface area contributed by atoms with Crippen LogP contribution >= 0.6 is 0 Å². The molecule has 4 nitrogen and oxygen atoms in total. The number of rotatable bonds is 1. The summed E-state index contributed by atoms with van der Waals surface area (Å²) in [5.41, 5.74) is 10.5. The summed E-state index contributed by atoms with van der Waals surface area (Å²) < 4.78 is 19.4. The summed E-state index contributed by atoms with van der Waals surface area (Å²) in [7, 11) is 0. The van der Waals surface area contributed by atoms with E-state index < -0.39 is 0 Å². The number of hydrogen-bond acceptors (Lipinski definition) is 2. The molecule has 0 spiro atoms. The van der Waals surface area contributed by atoms with Crippen molar-refractivity contribution in [2.45, 2.75) is 11.9 Å². The van der Waals surface area contributed by atoms with E-state index >= 15 is 0 Å². The van der Waals surface area contributed by atoms with E-state index in [1.54, 1.807) is 0 Å². The molecular formula is C54H33BN2O2. The van der Waals surface area contributed by atoms with Gasteiger partial charge in [-0.3, -0.25) is 0 Å². The maximum absolute atomic E-state index is 7.43. The molecule has 2 aliphatic heterocycles. The molecule has 5 heterocycles. The van der Waals surface area contributed by atoms with Gasteiger partial charge in [-0.2, -0.15) is 0 Å². The Kier molecular flexibility index (Phi) is 6.18. The molecule has 8 aromatic carbocycles. The highest BCUT2D eigenvalue weighted by Gasteiger charge is 2.52. The Morgan fingerprint density at radius 1 is 0.441 bits per heavy atom. The van der Waals surface area contributed by atoms with Gasteiger partial charge < -0.3 is 18.4 Å². The van der Waals surface area contributed by atoms with Gasteiger partial charge >= 0.3 is 0 Å². The van der Waals surface area contributed by atoms with E-state index in [2.05, 4.69) is 197 Å². The quantitative estimate of drug-likeness (QED) is 0.156. The summed E-state index contributed by atoms with van der Waals surface area (Å²) in [6.07, 6.45) is 1.99. The monoisotopic (exact) mass is 752 g/mol. The van der Waals surface area contributed by atoms with Crippen LogP contribution in [0.5, 0.6) is 11.5 Å². The van der Waals surface area contributed by atoms with Crippen molar-refractivity contribution in [2.75, 3.05) is 0 Å². The van der Waals surface area contributed by atoms with Gasteiger partial charge in [-0.15, -0.1) is 0 Å². The van der Waals surface area contributed by atoms with Crippen LogP contribution in [0.25, 0.3) is 82.3 Å². The first-order valence-corrected chi connectivity index (χ1v) is 20.5. The normalized spacial score (nSPS) is 16.5. The fourth-order valence-corrected chi connectivity index (χ4v) is 11.1. The van der Waals surface area contributed by atoms with E-state index in [0.29, 0.717) is 0 Å². The van der Waals surface area contributed by atoms with E-state index in [4.69, 9.17) is 9.47 Å². The third-order valence-corrected chi connectivity index (χ3v) is 13.4. The molecule has 0 fully saturated rings. The molecule has 0 N–H and O–H groups in total. The van der Waals surface area contributed by atoms with Crippen molar-refractivity contribution in [1.82, 2.24) is 8.97 Å². The topological polar surface area (TPSA) is 27.8 Å². The van der Waals surface area contributed by atoms with Crippen LogP contribution in [0.2, 0.25) is 5.82 Å². The van der Waals surface area contributed by atoms with E-state index in [9.17, 15) is 0 Å². The summed E-state index contributed by atoms with van der Waals surface area (Å²) in [5.74, 6) is 2.71. The molecular weight excluding hydrogens is 719 g/mol. The average Bonchev–Trinajstić information content (AvgIpc) is 3.82. The fourth-order valence-electron chi connectivity index (χ4n) is 11.1. The van der Waals surface area contributed by atoms with Gasteiger partial charge in [0.25, 0.3) is 0 Å². The molecule has 3 aliphatic rings. The van der Waals surface area contributed by atoms with E-state index in [1.165, 1.54) is 70.6 Å². The van der Waals surface area contributed by atoms with Crippen molar-refractivity contribution in [2.24, 2.45) is 0 Å². The molecule has 2 unspecified atom stereocenters. The van der Waals surface area contributed by atoms with Crippen molar-refractivity contribution in [1.29, 1.82) is 0 Å². The Hall–Kier alpha value is -7.50. The summed E-state index contributed by atoms with van der Waals surface area (Å²) in [6.45, 7) is 0.0599. The predicted octanol–water partition coefficient (Wildman–Crippen LogP) is 12.1. The lowest BCUT2D eigenvalue weighted by atomic mass is 9.30. The van der Waals surface area contributed by atoms with Gasteiger partial charge in [0, 0.05) is 44.0 Å². The molecule has 2 atom stereocenters. The number of hydrogen-bond donors (Lipinski definition) is 0. The predicted molar refractivity (Wildman–Crippen MR) is 244 cm³/mol. The molecule has 0 bridgehead atoms. The van der Waals surface area contributed by atoms with Gasteiger partial charge in [-0.25, -0.2) is 0 Å². The minimum Gasteiger partial charge on any atom is -0.485 e. The molecule has 3 aromatic heterocycles. The van der Waals surface area contributed by atoms with Crippen LogP contribution in [0.3, 0.4) is 0 Å². The first kappa shape index (κ1) is 31.6. The molecule has 14 rings (SSSR count). The minimum atomic E-state index is -0.351. The largest absolute Gasteiger partial charge is 0.485 e. The van der Waals surface area contributed by atoms with Crippen LogP contribution in [0, 0.1) is 0 Å². The van der Waals surface area contributed by atoms with Crippen LogP contribution in [0.1, 0.15) is 17.4 Å². The number of benzene rings is 8. The first-order chi connectivity index (χ1) is 29.3. The van der Waals surface area contributed by atoms with Crippen molar-refractivity contribution in [3.8, 4) is 17.2 Å². The Bertz CT molecular complexity index is 3670. The maximum Gasteiger partial charge on any atom is 0.234 e. The Morgan fingerprint density at radius 2 is 0.983 bits per heavy atom. The Balaban J connectivity index is 1.20. The number of para-hydroxylation sites is 5.